The first-order chi connectivity index (χ1) is 15.4. The highest BCUT2D eigenvalue weighted by Gasteiger charge is 2.56. The monoisotopic (exact) mass is 452 g/mol. The Morgan fingerprint density at radius 2 is 1.84 bits per heavy atom. The summed E-state index contributed by atoms with van der Waals surface area (Å²) in [5, 5.41) is 12.8. The lowest BCUT2D eigenvalue weighted by molar-refractivity contribution is -0.123. The molecule has 0 bridgehead atoms. The standard InChI is InChI=1S/C22H24N6O3S/c23-15-22(16-1-2-16)6-8-28(21(22)29)17-5-7-24-20(13-17)26-19-4-3-18(14-25-19)27-9-11-32(30,31)12-10-27/h3-5,7,13-14,16H,1-2,6,8-12H2,(H,24,25,26)/t22-/m1/s1. The second-order valence-electron chi connectivity index (χ2n) is 8.63. The number of pyridine rings is 2. The minimum absolute atomic E-state index is 0.106. The third-order valence-corrected chi connectivity index (χ3v) is 8.21. The van der Waals surface area contributed by atoms with Crippen molar-refractivity contribution < 1.29 is 13.2 Å². The molecule has 166 valence electrons. The van der Waals surface area contributed by atoms with E-state index in [4.69, 9.17) is 0 Å². The predicted octanol–water partition coefficient (Wildman–Crippen LogP) is 2.11. The van der Waals surface area contributed by atoms with Crippen LogP contribution in [0.15, 0.2) is 36.7 Å². The maximum absolute atomic E-state index is 13.0. The molecule has 0 spiro atoms. The van der Waals surface area contributed by atoms with E-state index < -0.39 is 15.3 Å². The van der Waals surface area contributed by atoms with Crippen molar-refractivity contribution >= 4 is 38.8 Å². The van der Waals surface area contributed by atoms with Crippen LogP contribution in [-0.2, 0) is 14.6 Å². The van der Waals surface area contributed by atoms with E-state index in [9.17, 15) is 18.5 Å². The zero-order valence-electron chi connectivity index (χ0n) is 17.6. The summed E-state index contributed by atoms with van der Waals surface area (Å²) in [6.07, 6.45) is 5.82. The smallest absolute Gasteiger partial charge is 0.247 e. The van der Waals surface area contributed by atoms with Gasteiger partial charge >= 0.3 is 0 Å². The number of sulfone groups is 1. The van der Waals surface area contributed by atoms with E-state index in [1.165, 1.54) is 0 Å². The Bertz CT molecular complexity index is 1170. The lowest BCUT2D eigenvalue weighted by atomic mass is 9.83. The number of nitrogens with one attached hydrogen (secondary N) is 1. The Hall–Kier alpha value is -3.19. The van der Waals surface area contributed by atoms with E-state index in [1.807, 2.05) is 17.0 Å². The summed E-state index contributed by atoms with van der Waals surface area (Å²) >= 11 is 0. The van der Waals surface area contributed by atoms with Gasteiger partial charge in [-0.2, -0.15) is 5.26 Å². The van der Waals surface area contributed by atoms with Gasteiger partial charge in [-0.3, -0.25) is 4.79 Å². The van der Waals surface area contributed by atoms with Gasteiger partial charge in [-0.15, -0.1) is 0 Å². The molecule has 2 aromatic heterocycles. The Labute approximate surface area is 187 Å². The van der Waals surface area contributed by atoms with Crippen LogP contribution >= 0.6 is 0 Å². The van der Waals surface area contributed by atoms with Crippen LogP contribution in [0.2, 0.25) is 0 Å². The number of carbonyl (C=O) groups excluding carboxylic acids is 1. The summed E-state index contributed by atoms with van der Waals surface area (Å²) < 4.78 is 23.2. The van der Waals surface area contributed by atoms with Crippen molar-refractivity contribution in [3.8, 4) is 6.07 Å². The van der Waals surface area contributed by atoms with Crippen LogP contribution in [0.5, 0.6) is 0 Å². The van der Waals surface area contributed by atoms with E-state index in [0.29, 0.717) is 37.7 Å². The lowest BCUT2D eigenvalue weighted by Gasteiger charge is -2.28. The quantitative estimate of drug-likeness (QED) is 0.733. The molecule has 5 rings (SSSR count). The van der Waals surface area contributed by atoms with Gasteiger partial charge in [0.25, 0.3) is 0 Å². The molecule has 3 fully saturated rings. The highest BCUT2D eigenvalue weighted by molar-refractivity contribution is 7.91. The van der Waals surface area contributed by atoms with Crippen molar-refractivity contribution in [1.82, 2.24) is 9.97 Å². The second-order valence-corrected chi connectivity index (χ2v) is 10.9. The van der Waals surface area contributed by atoms with Crippen LogP contribution < -0.4 is 15.1 Å². The number of aromatic nitrogens is 2. The minimum Gasteiger partial charge on any atom is -0.368 e. The number of amides is 1. The van der Waals surface area contributed by atoms with Crippen molar-refractivity contribution in [2.24, 2.45) is 11.3 Å². The maximum Gasteiger partial charge on any atom is 0.247 e. The zero-order valence-corrected chi connectivity index (χ0v) is 18.4. The highest BCUT2D eigenvalue weighted by Crippen LogP contribution is 2.51. The van der Waals surface area contributed by atoms with Crippen LogP contribution in [-0.4, -0.2) is 55.4 Å². The van der Waals surface area contributed by atoms with E-state index in [1.54, 1.807) is 29.4 Å². The number of nitriles is 1. The molecule has 32 heavy (non-hydrogen) atoms. The molecule has 1 amide bonds. The summed E-state index contributed by atoms with van der Waals surface area (Å²) in [5.41, 5.74) is 0.723. The van der Waals surface area contributed by atoms with Gasteiger partial charge in [0, 0.05) is 37.6 Å². The molecule has 1 aliphatic carbocycles. The summed E-state index contributed by atoms with van der Waals surface area (Å²) in [5.74, 6) is 1.55. The number of anilines is 4. The van der Waals surface area contributed by atoms with Gasteiger partial charge in [-0.05, 0) is 43.4 Å². The van der Waals surface area contributed by atoms with Crippen LogP contribution in [0.1, 0.15) is 19.3 Å². The van der Waals surface area contributed by atoms with Gasteiger partial charge in [-0.1, -0.05) is 0 Å². The Morgan fingerprint density at radius 1 is 1.06 bits per heavy atom. The molecule has 2 aliphatic heterocycles. The first kappa shape index (κ1) is 20.7. The fourth-order valence-electron chi connectivity index (χ4n) is 4.54. The van der Waals surface area contributed by atoms with Gasteiger partial charge < -0.3 is 15.1 Å². The molecular formula is C22H24N6O3S. The van der Waals surface area contributed by atoms with Crippen LogP contribution in [0, 0.1) is 22.7 Å². The maximum atomic E-state index is 13.0. The van der Waals surface area contributed by atoms with Crippen LogP contribution in [0.25, 0.3) is 0 Å². The first-order valence-corrected chi connectivity index (χ1v) is 12.6. The van der Waals surface area contributed by atoms with Gasteiger partial charge in [0.15, 0.2) is 9.84 Å². The Kier molecular flexibility index (Phi) is 5.01. The third-order valence-electron chi connectivity index (χ3n) is 6.60. The SMILES string of the molecule is N#C[C@@]1(C2CC2)CCN(c2ccnc(Nc3ccc(N4CCS(=O)(=O)CC4)cn3)c2)C1=O. The van der Waals surface area contributed by atoms with Crippen molar-refractivity contribution in [2.45, 2.75) is 19.3 Å². The van der Waals surface area contributed by atoms with Gasteiger partial charge in [0.2, 0.25) is 5.91 Å². The summed E-state index contributed by atoms with van der Waals surface area (Å²) in [6.45, 7) is 1.47. The van der Waals surface area contributed by atoms with E-state index >= 15 is 0 Å². The normalized spacial score (nSPS) is 24.9. The average molecular weight is 453 g/mol. The molecule has 4 heterocycles. The molecule has 3 aliphatic rings. The molecule has 1 atom stereocenters. The summed E-state index contributed by atoms with van der Waals surface area (Å²) in [7, 11) is -2.93. The fraction of sp³-hybridized carbons (Fsp3) is 0.455. The van der Waals surface area contributed by atoms with Gasteiger partial charge in [0.1, 0.15) is 17.1 Å². The van der Waals surface area contributed by atoms with Crippen LogP contribution in [0.4, 0.5) is 23.0 Å². The molecule has 1 N–H and O–H groups in total. The number of rotatable bonds is 5. The van der Waals surface area contributed by atoms with Crippen molar-refractivity contribution in [2.75, 3.05) is 46.3 Å². The average Bonchev–Trinajstić information content (AvgIpc) is 3.58. The predicted molar refractivity (Wildman–Crippen MR) is 120 cm³/mol. The first-order valence-electron chi connectivity index (χ1n) is 10.8. The molecule has 2 aromatic rings. The molecular weight excluding hydrogens is 428 g/mol. The number of carbonyl (C=O) groups is 1. The van der Waals surface area contributed by atoms with Crippen molar-refractivity contribution in [3.05, 3.63) is 36.7 Å². The van der Waals surface area contributed by atoms with Crippen LogP contribution in [0.3, 0.4) is 0 Å². The Morgan fingerprint density at radius 3 is 2.50 bits per heavy atom. The molecule has 0 aromatic carbocycles. The van der Waals surface area contributed by atoms with Gasteiger partial charge in [-0.25, -0.2) is 18.4 Å². The number of hydrogen-bond acceptors (Lipinski definition) is 8. The Balaban J connectivity index is 1.28. The van der Waals surface area contributed by atoms with Crippen molar-refractivity contribution in [3.63, 3.8) is 0 Å². The largest absolute Gasteiger partial charge is 0.368 e. The molecule has 9 nitrogen and oxygen atoms in total. The minimum atomic E-state index is -2.93. The van der Waals surface area contributed by atoms with E-state index in [-0.39, 0.29) is 23.3 Å². The molecule has 2 saturated heterocycles. The fourth-order valence-corrected chi connectivity index (χ4v) is 5.74. The lowest BCUT2D eigenvalue weighted by Crippen LogP contribution is -2.40. The van der Waals surface area contributed by atoms with E-state index in [0.717, 1.165) is 24.2 Å². The molecule has 10 heteroatoms. The van der Waals surface area contributed by atoms with E-state index in [2.05, 4.69) is 21.4 Å². The highest BCUT2D eigenvalue weighted by atomic mass is 32.2. The third kappa shape index (κ3) is 3.77. The second kappa shape index (κ2) is 7.74. The van der Waals surface area contributed by atoms with Crippen molar-refractivity contribution in [1.29, 1.82) is 5.26 Å². The van der Waals surface area contributed by atoms with Gasteiger partial charge in [0.05, 0.1) is 29.5 Å². The molecule has 0 radical (unpaired) electrons. The number of hydrogen-bond donors (Lipinski definition) is 1. The summed E-state index contributed by atoms with van der Waals surface area (Å²) in [4.78, 5) is 25.5. The molecule has 1 saturated carbocycles. The topological polar surface area (TPSA) is 119 Å². The zero-order chi connectivity index (χ0) is 22.3. The molecule has 0 unspecified atom stereocenters. The summed E-state index contributed by atoms with van der Waals surface area (Å²) in [6, 6.07) is 9.61. The number of nitrogens with zero attached hydrogens (tertiary/aromatic N) is 5.